The zero-order valence-corrected chi connectivity index (χ0v) is 10.9. The molecule has 1 unspecified atom stereocenters. The number of fused-ring (bicyclic) bond motifs is 1. The third kappa shape index (κ3) is 1.81. The summed E-state index contributed by atoms with van der Waals surface area (Å²) in [5.41, 5.74) is 0.504. The van der Waals surface area contributed by atoms with Crippen molar-refractivity contribution < 1.29 is 19.4 Å². The van der Waals surface area contributed by atoms with Gasteiger partial charge in [-0.3, -0.25) is 4.79 Å². The first-order chi connectivity index (χ1) is 9.52. The minimum atomic E-state index is -2.29. The molecule has 0 radical (unpaired) electrons. The number of hydrogen-bond acceptors (Lipinski definition) is 4. The van der Waals surface area contributed by atoms with Crippen LogP contribution in [-0.2, 0) is 10.5 Å². The quantitative estimate of drug-likeness (QED) is 0.681. The van der Waals surface area contributed by atoms with Crippen LogP contribution in [0.2, 0.25) is 5.02 Å². The fourth-order valence-electron chi connectivity index (χ4n) is 2.19. The van der Waals surface area contributed by atoms with Gasteiger partial charge in [0.1, 0.15) is 0 Å². The summed E-state index contributed by atoms with van der Waals surface area (Å²) in [7, 11) is 0. The SMILES string of the molecule is O=C1OC(O)(C(=O)c2cccc(Cl)c2)c2ccccc21. The Kier molecular flexibility index (Phi) is 2.85. The first-order valence-corrected chi connectivity index (χ1v) is 6.26. The molecule has 3 rings (SSSR count). The van der Waals surface area contributed by atoms with Crippen LogP contribution in [0.25, 0.3) is 0 Å². The van der Waals surface area contributed by atoms with E-state index in [0.717, 1.165) is 0 Å². The molecule has 1 aliphatic heterocycles. The van der Waals surface area contributed by atoms with Crippen LogP contribution < -0.4 is 0 Å². The Morgan fingerprint density at radius 3 is 2.65 bits per heavy atom. The van der Waals surface area contributed by atoms with Crippen LogP contribution in [0, 0.1) is 0 Å². The first kappa shape index (κ1) is 12.8. The highest BCUT2D eigenvalue weighted by Gasteiger charge is 2.50. The predicted octanol–water partition coefficient (Wildman–Crippen LogP) is 2.54. The van der Waals surface area contributed by atoms with Crippen LogP contribution >= 0.6 is 11.6 Å². The molecule has 100 valence electrons. The Labute approximate surface area is 119 Å². The second-order valence-corrected chi connectivity index (χ2v) is 4.86. The number of halogens is 1. The Morgan fingerprint density at radius 1 is 1.15 bits per heavy atom. The summed E-state index contributed by atoms with van der Waals surface area (Å²) in [6, 6.07) is 12.4. The fraction of sp³-hybridized carbons (Fsp3) is 0.0667. The molecule has 0 spiro atoms. The highest BCUT2D eigenvalue weighted by atomic mass is 35.5. The van der Waals surface area contributed by atoms with Crippen molar-refractivity contribution in [3.63, 3.8) is 0 Å². The molecule has 0 aliphatic carbocycles. The molecule has 1 atom stereocenters. The average Bonchev–Trinajstić information content (AvgIpc) is 2.72. The maximum Gasteiger partial charge on any atom is 0.341 e. The molecule has 1 N–H and O–H groups in total. The van der Waals surface area contributed by atoms with Gasteiger partial charge in [0.05, 0.1) is 5.56 Å². The Morgan fingerprint density at radius 2 is 1.90 bits per heavy atom. The molecule has 1 aliphatic rings. The van der Waals surface area contributed by atoms with Crippen LogP contribution in [0.3, 0.4) is 0 Å². The molecule has 0 aromatic heterocycles. The highest BCUT2D eigenvalue weighted by Crippen LogP contribution is 2.37. The maximum atomic E-state index is 12.4. The number of cyclic esters (lactones) is 1. The number of benzene rings is 2. The van der Waals surface area contributed by atoms with Gasteiger partial charge in [-0.25, -0.2) is 4.79 Å². The molecule has 0 saturated carbocycles. The van der Waals surface area contributed by atoms with Crippen molar-refractivity contribution in [2.75, 3.05) is 0 Å². The van der Waals surface area contributed by atoms with Crippen molar-refractivity contribution in [3.8, 4) is 0 Å². The molecule has 2 aromatic carbocycles. The van der Waals surface area contributed by atoms with Crippen LogP contribution in [0.4, 0.5) is 0 Å². The van der Waals surface area contributed by atoms with E-state index in [0.29, 0.717) is 5.02 Å². The van der Waals surface area contributed by atoms with Gasteiger partial charge in [-0.1, -0.05) is 41.9 Å². The molecule has 0 fully saturated rings. The van der Waals surface area contributed by atoms with E-state index in [9.17, 15) is 14.7 Å². The summed E-state index contributed by atoms with van der Waals surface area (Å²) < 4.78 is 4.90. The van der Waals surface area contributed by atoms with Gasteiger partial charge in [0, 0.05) is 16.1 Å². The number of ether oxygens (including phenoxy) is 1. The van der Waals surface area contributed by atoms with Crippen LogP contribution in [0.5, 0.6) is 0 Å². The number of rotatable bonds is 2. The summed E-state index contributed by atoms with van der Waals surface area (Å²) in [5.74, 6) is -3.74. The van der Waals surface area contributed by atoms with E-state index in [4.69, 9.17) is 16.3 Å². The van der Waals surface area contributed by atoms with Gasteiger partial charge in [0.25, 0.3) is 0 Å². The number of Topliss-reactive ketones (excluding diaryl/α,β-unsaturated/α-hetero) is 1. The number of ketones is 1. The fourth-order valence-corrected chi connectivity index (χ4v) is 2.39. The van der Waals surface area contributed by atoms with E-state index >= 15 is 0 Å². The van der Waals surface area contributed by atoms with Gasteiger partial charge in [0.15, 0.2) is 0 Å². The third-order valence-corrected chi connectivity index (χ3v) is 3.38. The third-order valence-electron chi connectivity index (χ3n) is 3.15. The molecule has 0 bridgehead atoms. The standard InChI is InChI=1S/C15H9ClO4/c16-10-5-3-4-9(8-10)13(17)15(19)12-7-2-1-6-11(12)14(18)20-15/h1-8,19H. The summed E-state index contributed by atoms with van der Waals surface area (Å²) in [4.78, 5) is 24.2. The highest BCUT2D eigenvalue weighted by molar-refractivity contribution is 6.31. The summed E-state index contributed by atoms with van der Waals surface area (Å²) in [6.07, 6.45) is 0. The van der Waals surface area contributed by atoms with E-state index < -0.39 is 17.5 Å². The number of carbonyl (C=O) groups is 2. The predicted molar refractivity (Wildman–Crippen MR) is 71.5 cm³/mol. The Balaban J connectivity index is 2.11. The lowest BCUT2D eigenvalue weighted by Gasteiger charge is -2.20. The molecular weight excluding hydrogens is 280 g/mol. The summed E-state index contributed by atoms with van der Waals surface area (Å²) in [6.45, 7) is 0. The van der Waals surface area contributed by atoms with E-state index in [-0.39, 0.29) is 16.7 Å². The van der Waals surface area contributed by atoms with Crippen molar-refractivity contribution in [3.05, 3.63) is 70.2 Å². The van der Waals surface area contributed by atoms with Gasteiger partial charge in [-0.2, -0.15) is 0 Å². The van der Waals surface area contributed by atoms with Crippen LogP contribution in [-0.4, -0.2) is 16.9 Å². The summed E-state index contributed by atoms with van der Waals surface area (Å²) >= 11 is 5.83. The van der Waals surface area contributed by atoms with E-state index in [2.05, 4.69) is 0 Å². The van der Waals surface area contributed by atoms with Crippen molar-refractivity contribution in [2.24, 2.45) is 0 Å². The smallest absolute Gasteiger partial charge is 0.341 e. The van der Waals surface area contributed by atoms with Crippen molar-refractivity contribution in [1.29, 1.82) is 0 Å². The molecule has 0 saturated heterocycles. The zero-order valence-electron chi connectivity index (χ0n) is 10.2. The molecule has 20 heavy (non-hydrogen) atoms. The number of aliphatic hydroxyl groups is 1. The van der Waals surface area contributed by atoms with Gasteiger partial charge in [-0.15, -0.1) is 0 Å². The van der Waals surface area contributed by atoms with Gasteiger partial charge >= 0.3 is 11.8 Å². The van der Waals surface area contributed by atoms with Crippen molar-refractivity contribution in [1.82, 2.24) is 0 Å². The minimum Gasteiger partial charge on any atom is -0.417 e. The van der Waals surface area contributed by atoms with Crippen molar-refractivity contribution >= 4 is 23.4 Å². The molecule has 0 amide bonds. The van der Waals surface area contributed by atoms with Crippen molar-refractivity contribution in [2.45, 2.75) is 5.79 Å². The number of esters is 1. The summed E-state index contributed by atoms with van der Waals surface area (Å²) in [5, 5.41) is 10.8. The Hall–Kier alpha value is -2.17. The minimum absolute atomic E-state index is 0.148. The van der Waals surface area contributed by atoms with Gasteiger partial charge in [-0.05, 0) is 18.2 Å². The van der Waals surface area contributed by atoms with Gasteiger partial charge < -0.3 is 9.84 Å². The molecular formula is C15H9ClO4. The topological polar surface area (TPSA) is 63.6 Å². The van der Waals surface area contributed by atoms with E-state index in [1.807, 2.05) is 0 Å². The normalized spacial score (nSPS) is 20.4. The van der Waals surface area contributed by atoms with Gasteiger partial charge in [0.2, 0.25) is 5.78 Å². The Bertz CT molecular complexity index is 725. The molecule has 2 aromatic rings. The molecule has 5 heteroatoms. The largest absolute Gasteiger partial charge is 0.417 e. The van der Waals surface area contributed by atoms with E-state index in [1.54, 1.807) is 24.3 Å². The first-order valence-electron chi connectivity index (χ1n) is 5.88. The monoisotopic (exact) mass is 288 g/mol. The lowest BCUT2D eigenvalue weighted by molar-refractivity contribution is -0.125. The lowest BCUT2D eigenvalue weighted by atomic mass is 9.95. The number of carbonyl (C=O) groups excluding carboxylic acids is 2. The van der Waals surface area contributed by atoms with Crippen LogP contribution in [0.1, 0.15) is 26.3 Å². The number of hydrogen-bond donors (Lipinski definition) is 1. The zero-order chi connectivity index (χ0) is 14.3. The second-order valence-electron chi connectivity index (χ2n) is 4.42. The molecule has 4 nitrogen and oxygen atoms in total. The van der Waals surface area contributed by atoms with Crippen LogP contribution in [0.15, 0.2) is 48.5 Å². The maximum absolute atomic E-state index is 12.4. The van der Waals surface area contributed by atoms with E-state index in [1.165, 1.54) is 24.3 Å². The molecule has 1 heterocycles. The average molecular weight is 289 g/mol. The lowest BCUT2D eigenvalue weighted by Crippen LogP contribution is -2.36. The second kappa shape index (κ2) is 4.44.